The van der Waals surface area contributed by atoms with Gasteiger partial charge in [-0.1, -0.05) is 13.8 Å². The number of halogens is 1. The molecule has 1 atom stereocenters. The maximum absolute atomic E-state index is 11.8. The highest BCUT2D eigenvalue weighted by atomic mass is 127. The molecule has 27 heavy (non-hydrogen) atoms. The first-order chi connectivity index (χ1) is 12.5. The van der Waals surface area contributed by atoms with Crippen LogP contribution in [0.1, 0.15) is 53.9 Å². The first kappa shape index (κ1) is 26.2. The fraction of sp³-hybridized carbons (Fsp3) is 0.895. The van der Waals surface area contributed by atoms with Crippen LogP contribution < -0.4 is 10.6 Å². The Morgan fingerprint density at radius 2 is 1.85 bits per heavy atom. The molecule has 1 fully saturated rings. The number of ether oxygens (including phenoxy) is 2. The van der Waals surface area contributed by atoms with Crippen LogP contribution >= 0.6 is 24.0 Å². The van der Waals surface area contributed by atoms with Crippen LogP contribution in [-0.4, -0.2) is 68.5 Å². The van der Waals surface area contributed by atoms with Gasteiger partial charge >= 0.3 is 6.09 Å². The van der Waals surface area contributed by atoms with Crippen molar-refractivity contribution in [3.8, 4) is 0 Å². The number of hydrogen-bond acceptors (Lipinski definition) is 4. The Kier molecular flexibility index (Phi) is 14.8. The number of carbonyl (C=O) groups is 1. The lowest BCUT2D eigenvalue weighted by atomic mass is 10.0. The predicted octanol–water partition coefficient (Wildman–Crippen LogP) is 3.23. The molecule has 0 radical (unpaired) electrons. The summed E-state index contributed by atoms with van der Waals surface area (Å²) < 4.78 is 10.8. The van der Waals surface area contributed by atoms with Gasteiger partial charge in [0, 0.05) is 26.2 Å². The Labute approximate surface area is 182 Å². The molecule has 1 saturated heterocycles. The maximum Gasteiger partial charge on any atom is 0.407 e. The quantitative estimate of drug-likeness (QED) is 0.290. The van der Waals surface area contributed by atoms with Crippen molar-refractivity contribution in [2.45, 2.75) is 66.0 Å². The lowest BCUT2D eigenvalue weighted by Gasteiger charge is -2.34. The fourth-order valence-electron chi connectivity index (χ4n) is 3.18. The van der Waals surface area contributed by atoms with Gasteiger partial charge in [0.1, 0.15) is 0 Å². The summed E-state index contributed by atoms with van der Waals surface area (Å²) >= 11 is 0. The Morgan fingerprint density at radius 3 is 2.37 bits per heavy atom. The maximum atomic E-state index is 11.8. The molecule has 0 bridgehead atoms. The second kappa shape index (κ2) is 15.2. The highest BCUT2D eigenvalue weighted by Gasteiger charge is 2.22. The Morgan fingerprint density at radius 1 is 1.19 bits per heavy atom. The zero-order chi connectivity index (χ0) is 19.4. The molecule has 0 saturated carbocycles. The number of nitrogens with zero attached hydrogens (tertiary/aromatic N) is 2. The largest absolute Gasteiger partial charge is 0.450 e. The molecule has 0 aromatic rings. The third-order valence-electron chi connectivity index (χ3n) is 4.29. The number of piperidine rings is 1. The minimum Gasteiger partial charge on any atom is -0.450 e. The first-order valence-corrected chi connectivity index (χ1v) is 10.1. The highest BCUT2D eigenvalue weighted by molar-refractivity contribution is 14.0. The van der Waals surface area contributed by atoms with E-state index in [4.69, 9.17) is 14.5 Å². The van der Waals surface area contributed by atoms with Gasteiger partial charge in [0.05, 0.1) is 25.3 Å². The Hall–Kier alpha value is -0.770. The topological polar surface area (TPSA) is 75.2 Å². The van der Waals surface area contributed by atoms with Crippen LogP contribution in [0.15, 0.2) is 4.99 Å². The van der Waals surface area contributed by atoms with Crippen molar-refractivity contribution in [1.29, 1.82) is 0 Å². The summed E-state index contributed by atoms with van der Waals surface area (Å²) in [4.78, 5) is 18.9. The molecule has 0 spiro atoms. The molecule has 160 valence electrons. The Bertz CT molecular complexity index is 427. The summed E-state index contributed by atoms with van der Waals surface area (Å²) in [6.07, 6.45) is 2.91. The average molecular weight is 498 g/mol. The number of alkyl carbamates (subject to hydrolysis) is 1. The van der Waals surface area contributed by atoms with E-state index in [0.717, 1.165) is 51.5 Å². The molecule has 1 rings (SSSR count). The molecular weight excluding hydrogens is 459 g/mol. The summed E-state index contributed by atoms with van der Waals surface area (Å²) in [6.45, 7) is 14.6. The van der Waals surface area contributed by atoms with Gasteiger partial charge < -0.3 is 25.0 Å². The van der Waals surface area contributed by atoms with Crippen molar-refractivity contribution in [3.05, 3.63) is 0 Å². The molecule has 1 amide bonds. The molecule has 7 nitrogen and oxygen atoms in total. The molecular formula is C19H39IN4O3. The second-order valence-electron chi connectivity index (χ2n) is 7.03. The lowest BCUT2D eigenvalue weighted by molar-refractivity contribution is 0.0263. The van der Waals surface area contributed by atoms with Crippen molar-refractivity contribution in [3.63, 3.8) is 0 Å². The standard InChI is InChI=1S/C19H38N4O3.HI/c1-6-20-18(23-11-9-17(10-12-23)25-7-2)21-14-16(13-15(4)5)22-19(24)26-8-3;/h15-17H,6-14H2,1-5H3,(H,20,21)(H,22,24);1H. The van der Waals surface area contributed by atoms with E-state index in [1.54, 1.807) is 0 Å². The molecule has 1 aliphatic rings. The lowest BCUT2D eigenvalue weighted by Crippen LogP contribution is -2.48. The normalized spacial score (nSPS) is 16.7. The molecule has 0 aromatic carbocycles. The van der Waals surface area contributed by atoms with Gasteiger partial charge in [-0.05, 0) is 46.0 Å². The molecule has 0 aliphatic carbocycles. The number of amides is 1. The van der Waals surface area contributed by atoms with Crippen molar-refractivity contribution >= 4 is 36.0 Å². The van der Waals surface area contributed by atoms with E-state index < -0.39 is 0 Å². The average Bonchev–Trinajstić information content (AvgIpc) is 2.59. The first-order valence-electron chi connectivity index (χ1n) is 10.1. The van der Waals surface area contributed by atoms with Gasteiger partial charge in [-0.2, -0.15) is 0 Å². The van der Waals surface area contributed by atoms with Crippen LogP contribution in [0.2, 0.25) is 0 Å². The van der Waals surface area contributed by atoms with E-state index in [1.165, 1.54) is 0 Å². The van der Waals surface area contributed by atoms with Crippen molar-refractivity contribution in [1.82, 2.24) is 15.5 Å². The molecule has 8 heteroatoms. The number of likely N-dealkylation sites (tertiary alicyclic amines) is 1. The molecule has 1 heterocycles. The van der Waals surface area contributed by atoms with E-state index in [2.05, 4.69) is 36.3 Å². The number of hydrogen-bond donors (Lipinski definition) is 2. The van der Waals surface area contributed by atoms with Crippen LogP contribution in [0.25, 0.3) is 0 Å². The monoisotopic (exact) mass is 498 g/mol. The van der Waals surface area contributed by atoms with Gasteiger partial charge in [0.25, 0.3) is 0 Å². The van der Waals surface area contributed by atoms with Crippen LogP contribution in [0.5, 0.6) is 0 Å². The van der Waals surface area contributed by atoms with Crippen LogP contribution in [0.4, 0.5) is 4.79 Å². The fourth-order valence-corrected chi connectivity index (χ4v) is 3.18. The third kappa shape index (κ3) is 11.0. The van der Waals surface area contributed by atoms with Gasteiger partial charge in [0.2, 0.25) is 0 Å². The number of carbonyl (C=O) groups excluding carboxylic acids is 1. The van der Waals surface area contributed by atoms with Crippen molar-refractivity contribution < 1.29 is 14.3 Å². The van der Waals surface area contributed by atoms with Gasteiger partial charge in [-0.3, -0.25) is 4.99 Å². The minimum atomic E-state index is -0.365. The van der Waals surface area contributed by atoms with E-state index in [1.807, 2.05) is 13.8 Å². The molecule has 1 unspecified atom stereocenters. The zero-order valence-corrected chi connectivity index (χ0v) is 20.0. The SMILES string of the molecule is CCNC(=NCC(CC(C)C)NC(=O)OCC)N1CCC(OCC)CC1.I. The highest BCUT2D eigenvalue weighted by Crippen LogP contribution is 2.14. The summed E-state index contributed by atoms with van der Waals surface area (Å²) in [6, 6.07) is -0.0244. The molecule has 2 N–H and O–H groups in total. The summed E-state index contributed by atoms with van der Waals surface area (Å²) in [5.41, 5.74) is 0. The summed E-state index contributed by atoms with van der Waals surface area (Å²) in [7, 11) is 0. The number of aliphatic imine (C=N–C) groups is 1. The van der Waals surface area contributed by atoms with Gasteiger partial charge in [-0.25, -0.2) is 4.79 Å². The second-order valence-corrected chi connectivity index (χ2v) is 7.03. The summed E-state index contributed by atoms with van der Waals surface area (Å²) in [5, 5.41) is 6.32. The zero-order valence-electron chi connectivity index (χ0n) is 17.6. The smallest absolute Gasteiger partial charge is 0.407 e. The van der Waals surface area contributed by atoms with E-state index in [-0.39, 0.29) is 36.1 Å². The number of rotatable bonds is 9. The van der Waals surface area contributed by atoms with E-state index in [9.17, 15) is 4.79 Å². The molecule has 0 aromatic heterocycles. The molecule has 1 aliphatic heterocycles. The van der Waals surface area contributed by atoms with E-state index >= 15 is 0 Å². The van der Waals surface area contributed by atoms with Crippen molar-refractivity contribution in [2.75, 3.05) is 39.4 Å². The van der Waals surface area contributed by atoms with Gasteiger partial charge in [-0.15, -0.1) is 24.0 Å². The van der Waals surface area contributed by atoms with Crippen LogP contribution in [0.3, 0.4) is 0 Å². The number of guanidine groups is 1. The third-order valence-corrected chi connectivity index (χ3v) is 4.29. The minimum absolute atomic E-state index is 0. The van der Waals surface area contributed by atoms with Gasteiger partial charge in [0.15, 0.2) is 5.96 Å². The van der Waals surface area contributed by atoms with Crippen LogP contribution in [0, 0.1) is 5.92 Å². The van der Waals surface area contributed by atoms with Crippen LogP contribution in [-0.2, 0) is 9.47 Å². The summed E-state index contributed by atoms with van der Waals surface area (Å²) in [5.74, 6) is 1.39. The van der Waals surface area contributed by atoms with Crippen molar-refractivity contribution in [2.24, 2.45) is 10.9 Å². The van der Waals surface area contributed by atoms with E-state index in [0.29, 0.717) is 25.2 Å². The Balaban J connectivity index is 0.00000676. The predicted molar refractivity (Wildman–Crippen MR) is 121 cm³/mol. The number of nitrogens with one attached hydrogen (secondary N) is 2.